The summed E-state index contributed by atoms with van der Waals surface area (Å²) in [7, 11) is 0. The van der Waals surface area contributed by atoms with Gasteiger partial charge in [0.15, 0.2) is 0 Å². The molecule has 0 atom stereocenters. The summed E-state index contributed by atoms with van der Waals surface area (Å²) in [5.74, 6) is 0. The van der Waals surface area contributed by atoms with Crippen molar-refractivity contribution in [2.24, 2.45) is 5.11 Å². The normalized spacial score (nSPS) is 11.1. The summed E-state index contributed by atoms with van der Waals surface area (Å²) in [5, 5.41) is 6.99. The minimum absolute atomic E-state index is 0.169. The highest BCUT2D eigenvalue weighted by Gasteiger charge is 2.31. The highest BCUT2D eigenvalue weighted by atomic mass is 19.4. The molecule has 0 saturated carbocycles. The van der Waals surface area contributed by atoms with Crippen molar-refractivity contribution in [2.45, 2.75) is 6.18 Å². The lowest BCUT2D eigenvalue weighted by atomic mass is 10.1. The average Bonchev–Trinajstić information content (AvgIpc) is 2.81. The number of halogens is 3. The van der Waals surface area contributed by atoms with Crippen LogP contribution in [0.5, 0.6) is 0 Å². The van der Waals surface area contributed by atoms with Crippen LogP contribution in [-0.2, 0) is 6.18 Å². The maximum Gasteiger partial charge on any atom is 0.416 e. The molecule has 0 saturated heterocycles. The summed E-state index contributed by atoms with van der Waals surface area (Å²) in [4.78, 5) is 6.16. The zero-order chi connectivity index (χ0) is 13.2. The zero-order valence-electron chi connectivity index (χ0n) is 8.70. The highest BCUT2D eigenvalue weighted by molar-refractivity contribution is 5.58. The van der Waals surface area contributed by atoms with E-state index in [9.17, 15) is 13.2 Å². The average molecular weight is 254 g/mol. The molecule has 0 aliphatic heterocycles. The second-order valence-electron chi connectivity index (χ2n) is 3.23. The lowest BCUT2D eigenvalue weighted by Gasteiger charge is -2.10. The number of azide groups is 1. The first-order chi connectivity index (χ1) is 8.52. The third-order valence-corrected chi connectivity index (χ3v) is 2.12. The first kappa shape index (κ1) is 11.9. The van der Waals surface area contributed by atoms with E-state index in [1.54, 1.807) is 0 Å². The van der Waals surface area contributed by atoms with E-state index in [1.165, 1.54) is 23.4 Å². The maximum atomic E-state index is 12.5. The van der Waals surface area contributed by atoms with Crippen molar-refractivity contribution in [3.8, 4) is 5.69 Å². The van der Waals surface area contributed by atoms with Crippen LogP contribution in [0.15, 0.2) is 36.0 Å². The molecule has 0 radical (unpaired) electrons. The van der Waals surface area contributed by atoms with E-state index in [2.05, 4.69) is 20.1 Å². The van der Waals surface area contributed by atoms with Gasteiger partial charge >= 0.3 is 6.18 Å². The predicted octanol–water partition coefficient (Wildman–Crippen LogP) is 3.23. The molecule has 92 valence electrons. The number of rotatable bonds is 2. The number of aromatic nitrogens is 3. The van der Waals surface area contributed by atoms with Gasteiger partial charge < -0.3 is 0 Å². The topological polar surface area (TPSA) is 79.5 Å². The Morgan fingerprint density at radius 3 is 2.67 bits per heavy atom. The Hall–Kier alpha value is -2.54. The summed E-state index contributed by atoms with van der Waals surface area (Å²) in [6.07, 6.45) is -1.99. The Bertz CT molecular complexity index is 597. The standard InChI is InChI=1S/C9H5F3N6/c10-9(11,12)6-1-2-8(7(3-6)16-17-13)18-5-14-4-15-18/h1-5H. The van der Waals surface area contributed by atoms with E-state index < -0.39 is 11.7 Å². The van der Waals surface area contributed by atoms with Gasteiger partial charge in [0.05, 0.1) is 16.9 Å². The highest BCUT2D eigenvalue weighted by Crippen LogP contribution is 2.34. The first-order valence-corrected chi connectivity index (χ1v) is 4.63. The van der Waals surface area contributed by atoms with Crippen molar-refractivity contribution >= 4 is 5.69 Å². The molecule has 0 aliphatic rings. The van der Waals surface area contributed by atoms with Crippen molar-refractivity contribution in [1.29, 1.82) is 0 Å². The smallest absolute Gasteiger partial charge is 0.223 e. The van der Waals surface area contributed by atoms with Gasteiger partial charge in [-0.05, 0) is 23.7 Å². The van der Waals surface area contributed by atoms with E-state index in [1.807, 2.05) is 0 Å². The van der Waals surface area contributed by atoms with Gasteiger partial charge in [0.1, 0.15) is 12.7 Å². The summed E-state index contributed by atoms with van der Waals surface area (Å²) in [6.45, 7) is 0. The van der Waals surface area contributed by atoms with E-state index in [-0.39, 0.29) is 11.4 Å². The minimum Gasteiger partial charge on any atom is -0.223 e. The van der Waals surface area contributed by atoms with E-state index in [4.69, 9.17) is 5.53 Å². The predicted molar refractivity (Wildman–Crippen MR) is 55.2 cm³/mol. The SMILES string of the molecule is [N-]=[N+]=Nc1cc(C(F)(F)F)ccc1-n1cncn1. The Labute approximate surface area is 98.3 Å². The molecule has 0 bridgehead atoms. The van der Waals surface area contributed by atoms with Crippen molar-refractivity contribution in [3.63, 3.8) is 0 Å². The van der Waals surface area contributed by atoms with Crippen LogP contribution in [0.4, 0.5) is 18.9 Å². The van der Waals surface area contributed by atoms with Crippen LogP contribution < -0.4 is 0 Å². The molecule has 0 fully saturated rings. The van der Waals surface area contributed by atoms with Gasteiger partial charge in [-0.1, -0.05) is 5.11 Å². The van der Waals surface area contributed by atoms with Crippen LogP contribution >= 0.6 is 0 Å². The fraction of sp³-hybridized carbons (Fsp3) is 0.111. The van der Waals surface area contributed by atoms with Gasteiger partial charge in [0.25, 0.3) is 0 Å². The molecule has 0 aliphatic carbocycles. The first-order valence-electron chi connectivity index (χ1n) is 4.63. The Morgan fingerprint density at radius 2 is 2.11 bits per heavy atom. The quantitative estimate of drug-likeness (QED) is 0.468. The number of hydrogen-bond donors (Lipinski definition) is 0. The van der Waals surface area contributed by atoms with Gasteiger partial charge in [0.2, 0.25) is 0 Å². The molecule has 0 spiro atoms. The van der Waals surface area contributed by atoms with Crippen molar-refractivity contribution in [1.82, 2.24) is 14.8 Å². The largest absolute Gasteiger partial charge is 0.416 e. The molecular formula is C9H5F3N6. The van der Waals surface area contributed by atoms with Gasteiger partial charge in [0, 0.05) is 4.91 Å². The molecule has 2 rings (SSSR count). The van der Waals surface area contributed by atoms with Gasteiger partial charge in [-0.15, -0.1) is 0 Å². The van der Waals surface area contributed by atoms with Crippen LogP contribution in [-0.4, -0.2) is 14.8 Å². The molecular weight excluding hydrogens is 249 g/mol. The van der Waals surface area contributed by atoms with Gasteiger partial charge in [-0.3, -0.25) is 0 Å². The summed E-state index contributed by atoms with van der Waals surface area (Å²) >= 11 is 0. The van der Waals surface area contributed by atoms with Gasteiger partial charge in [-0.2, -0.15) is 18.3 Å². The Morgan fingerprint density at radius 1 is 1.33 bits per heavy atom. The molecule has 6 nitrogen and oxygen atoms in total. The number of hydrogen-bond acceptors (Lipinski definition) is 3. The molecule has 0 amide bonds. The second kappa shape index (κ2) is 4.38. The molecule has 2 aromatic rings. The molecule has 18 heavy (non-hydrogen) atoms. The lowest BCUT2D eigenvalue weighted by Crippen LogP contribution is -2.05. The molecule has 0 unspecified atom stereocenters. The molecule has 1 aromatic heterocycles. The molecule has 9 heteroatoms. The van der Waals surface area contributed by atoms with Crippen molar-refractivity contribution in [3.05, 3.63) is 46.9 Å². The Kier molecular flexibility index (Phi) is 2.90. The van der Waals surface area contributed by atoms with E-state index >= 15 is 0 Å². The van der Waals surface area contributed by atoms with Crippen LogP contribution in [0.1, 0.15) is 5.56 Å². The Balaban J connectivity index is 2.59. The summed E-state index contributed by atoms with van der Waals surface area (Å²) in [6, 6.07) is 2.81. The number of nitrogens with zero attached hydrogens (tertiary/aromatic N) is 6. The van der Waals surface area contributed by atoms with Crippen LogP contribution in [0, 0.1) is 0 Å². The molecule has 1 heterocycles. The van der Waals surface area contributed by atoms with Gasteiger partial charge in [-0.25, -0.2) is 9.67 Å². The van der Waals surface area contributed by atoms with Crippen LogP contribution in [0.25, 0.3) is 16.1 Å². The third kappa shape index (κ3) is 2.25. The zero-order valence-corrected chi connectivity index (χ0v) is 8.70. The van der Waals surface area contributed by atoms with Crippen molar-refractivity contribution in [2.75, 3.05) is 0 Å². The van der Waals surface area contributed by atoms with E-state index in [0.29, 0.717) is 0 Å². The fourth-order valence-electron chi connectivity index (χ4n) is 1.35. The molecule has 0 N–H and O–H groups in total. The van der Waals surface area contributed by atoms with Crippen LogP contribution in [0.3, 0.4) is 0 Å². The number of benzene rings is 1. The lowest BCUT2D eigenvalue weighted by molar-refractivity contribution is -0.137. The van der Waals surface area contributed by atoms with Crippen molar-refractivity contribution < 1.29 is 13.2 Å². The minimum atomic E-state index is -4.50. The van der Waals surface area contributed by atoms with E-state index in [0.717, 1.165) is 12.1 Å². The molecule has 1 aromatic carbocycles. The monoisotopic (exact) mass is 254 g/mol. The number of alkyl halides is 3. The second-order valence-corrected chi connectivity index (χ2v) is 3.23. The van der Waals surface area contributed by atoms with Crippen LogP contribution in [0.2, 0.25) is 0 Å². The fourth-order valence-corrected chi connectivity index (χ4v) is 1.35. The summed E-state index contributed by atoms with van der Waals surface area (Å²) < 4.78 is 38.8. The maximum absolute atomic E-state index is 12.5. The third-order valence-electron chi connectivity index (χ3n) is 2.12. The summed E-state index contributed by atoms with van der Waals surface area (Å²) in [5.41, 5.74) is 7.52.